The van der Waals surface area contributed by atoms with Crippen LogP contribution < -0.4 is 10.6 Å². The van der Waals surface area contributed by atoms with E-state index in [0.717, 1.165) is 58.0 Å². The number of aliphatic imine (C=N–C) groups is 1. The number of carbonyl (C=O) groups excluding carboxylic acids is 1. The summed E-state index contributed by atoms with van der Waals surface area (Å²) in [4.78, 5) is 18.3. The van der Waals surface area contributed by atoms with Gasteiger partial charge in [-0.1, -0.05) is 0 Å². The lowest BCUT2D eigenvalue weighted by Crippen LogP contribution is -2.39. The van der Waals surface area contributed by atoms with Crippen LogP contribution in [0.2, 0.25) is 0 Å². The van der Waals surface area contributed by atoms with E-state index in [-0.39, 0.29) is 5.91 Å². The van der Waals surface area contributed by atoms with Crippen molar-refractivity contribution in [3.05, 3.63) is 0 Å². The molecule has 6 nitrogen and oxygen atoms in total. The summed E-state index contributed by atoms with van der Waals surface area (Å²) in [6.45, 7) is 6.76. The number of ether oxygens (including phenoxy) is 1. The third kappa shape index (κ3) is 6.75. The number of nitrogens with one attached hydrogen (secondary N) is 2. The molecule has 1 saturated heterocycles. The number of hydrogen-bond acceptors (Lipinski definition) is 3. The van der Waals surface area contributed by atoms with Crippen LogP contribution in [0.25, 0.3) is 0 Å². The van der Waals surface area contributed by atoms with E-state index >= 15 is 0 Å². The molecular weight excluding hydrogens is 256 g/mol. The topological polar surface area (TPSA) is 66.0 Å². The minimum absolute atomic E-state index is 0.241. The Morgan fingerprint density at radius 2 is 2.05 bits per heavy atom. The monoisotopic (exact) mass is 284 g/mol. The standard InChI is InChI=1S/C14H28N4O2/c1-3-15-14(16-8-6-12-20-2)17-9-7-13(19)18-10-4-5-11-18/h3-12H2,1-2H3,(H2,15,16,17). The predicted octanol–water partition coefficient (Wildman–Crippen LogP) is 0.591. The molecule has 1 rings (SSSR count). The molecular formula is C14H28N4O2. The maximum Gasteiger partial charge on any atom is 0.224 e. The van der Waals surface area contributed by atoms with E-state index in [0.29, 0.717) is 13.0 Å². The highest BCUT2D eigenvalue weighted by Crippen LogP contribution is 2.08. The Morgan fingerprint density at radius 3 is 2.70 bits per heavy atom. The smallest absolute Gasteiger partial charge is 0.224 e. The highest BCUT2D eigenvalue weighted by atomic mass is 16.5. The quantitative estimate of drug-likeness (QED) is 0.389. The first-order valence-corrected chi connectivity index (χ1v) is 7.56. The average Bonchev–Trinajstić information content (AvgIpc) is 2.97. The summed E-state index contributed by atoms with van der Waals surface area (Å²) in [7, 11) is 1.69. The molecule has 0 aromatic carbocycles. The van der Waals surface area contributed by atoms with Crippen molar-refractivity contribution in [1.29, 1.82) is 0 Å². The number of likely N-dealkylation sites (tertiary alicyclic amines) is 1. The van der Waals surface area contributed by atoms with Gasteiger partial charge in [-0.2, -0.15) is 0 Å². The van der Waals surface area contributed by atoms with Crippen LogP contribution in [0.4, 0.5) is 0 Å². The molecule has 0 atom stereocenters. The van der Waals surface area contributed by atoms with E-state index in [1.807, 2.05) is 11.8 Å². The van der Waals surface area contributed by atoms with Gasteiger partial charge in [-0.05, 0) is 26.2 Å². The zero-order valence-corrected chi connectivity index (χ0v) is 12.8. The molecule has 0 aromatic heterocycles. The van der Waals surface area contributed by atoms with Gasteiger partial charge < -0.3 is 20.3 Å². The van der Waals surface area contributed by atoms with Gasteiger partial charge in [0, 0.05) is 52.9 Å². The SMILES string of the molecule is CCNC(=NCCCOC)NCCC(=O)N1CCCC1. The lowest BCUT2D eigenvalue weighted by molar-refractivity contribution is -0.129. The molecule has 1 fully saturated rings. The van der Waals surface area contributed by atoms with Gasteiger partial charge in [-0.25, -0.2) is 0 Å². The minimum Gasteiger partial charge on any atom is -0.385 e. The molecule has 2 N–H and O–H groups in total. The van der Waals surface area contributed by atoms with Crippen molar-refractivity contribution >= 4 is 11.9 Å². The van der Waals surface area contributed by atoms with Crippen molar-refractivity contribution < 1.29 is 9.53 Å². The summed E-state index contributed by atoms with van der Waals surface area (Å²) in [5.41, 5.74) is 0. The second-order valence-corrected chi connectivity index (χ2v) is 4.87. The molecule has 0 saturated carbocycles. The van der Waals surface area contributed by atoms with Gasteiger partial charge in [0.05, 0.1) is 0 Å². The summed E-state index contributed by atoms with van der Waals surface area (Å²) in [6, 6.07) is 0. The largest absolute Gasteiger partial charge is 0.385 e. The van der Waals surface area contributed by atoms with E-state index in [9.17, 15) is 4.79 Å². The summed E-state index contributed by atoms with van der Waals surface area (Å²) in [5, 5.41) is 6.38. The minimum atomic E-state index is 0.241. The van der Waals surface area contributed by atoms with Crippen molar-refractivity contribution in [3.63, 3.8) is 0 Å². The first-order valence-electron chi connectivity index (χ1n) is 7.56. The van der Waals surface area contributed by atoms with Crippen molar-refractivity contribution in [3.8, 4) is 0 Å². The normalized spacial score (nSPS) is 15.5. The van der Waals surface area contributed by atoms with E-state index in [1.54, 1.807) is 7.11 Å². The first kappa shape index (κ1) is 16.8. The van der Waals surface area contributed by atoms with Gasteiger partial charge in [-0.15, -0.1) is 0 Å². The lowest BCUT2D eigenvalue weighted by Gasteiger charge is -2.16. The van der Waals surface area contributed by atoms with Gasteiger partial charge in [0.25, 0.3) is 0 Å². The second-order valence-electron chi connectivity index (χ2n) is 4.87. The van der Waals surface area contributed by atoms with Crippen LogP contribution in [-0.2, 0) is 9.53 Å². The fourth-order valence-corrected chi connectivity index (χ4v) is 2.15. The number of methoxy groups -OCH3 is 1. The van der Waals surface area contributed by atoms with Crippen LogP contribution in [0, 0.1) is 0 Å². The first-order chi connectivity index (χ1) is 9.77. The Labute approximate surface area is 122 Å². The van der Waals surface area contributed by atoms with Crippen molar-refractivity contribution in [2.24, 2.45) is 4.99 Å². The molecule has 0 aliphatic carbocycles. The fourth-order valence-electron chi connectivity index (χ4n) is 2.15. The van der Waals surface area contributed by atoms with Gasteiger partial charge >= 0.3 is 0 Å². The number of amides is 1. The Kier molecular flexibility index (Phi) is 8.78. The lowest BCUT2D eigenvalue weighted by atomic mass is 10.3. The molecule has 1 amide bonds. The average molecular weight is 284 g/mol. The van der Waals surface area contributed by atoms with Crippen molar-refractivity contribution in [2.75, 3.05) is 46.4 Å². The summed E-state index contributed by atoms with van der Waals surface area (Å²) >= 11 is 0. The molecule has 0 spiro atoms. The zero-order chi connectivity index (χ0) is 14.6. The highest BCUT2D eigenvalue weighted by molar-refractivity contribution is 5.81. The molecule has 1 heterocycles. The molecule has 6 heteroatoms. The Bertz CT molecular complexity index is 302. The maximum absolute atomic E-state index is 11.9. The molecule has 1 aliphatic rings. The molecule has 0 radical (unpaired) electrons. The van der Waals surface area contributed by atoms with Crippen LogP contribution in [0.3, 0.4) is 0 Å². The van der Waals surface area contributed by atoms with Crippen molar-refractivity contribution in [2.45, 2.75) is 32.6 Å². The number of hydrogen-bond donors (Lipinski definition) is 2. The number of nitrogens with zero attached hydrogens (tertiary/aromatic N) is 2. The molecule has 20 heavy (non-hydrogen) atoms. The molecule has 116 valence electrons. The summed E-state index contributed by atoms with van der Waals surface area (Å²) in [6.07, 6.45) is 3.72. The van der Waals surface area contributed by atoms with Gasteiger partial charge in [0.2, 0.25) is 5.91 Å². The number of guanidine groups is 1. The van der Waals surface area contributed by atoms with Crippen molar-refractivity contribution in [1.82, 2.24) is 15.5 Å². The maximum atomic E-state index is 11.9. The van der Waals surface area contributed by atoms with Gasteiger partial charge in [0.1, 0.15) is 0 Å². The summed E-state index contributed by atoms with van der Waals surface area (Å²) in [5.74, 6) is 1.02. The third-order valence-electron chi connectivity index (χ3n) is 3.21. The zero-order valence-electron chi connectivity index (χ0n) is 12.8. The molecule has 1 aliphatic heterocycles. The van der Waals surface area contributed by atoms with E-state index in [2.05, 4.69) is 15.6 Å². The van der Waals surface area contributed by atoms with E-state index in [4.69, 9.17) is 4.74 Å². The van der Waals surface area contributed by atoms with Crippen LogP contribution in [0.15, 0.2) is 4.99 Å². The molecule has 0 bridgehead atoms. The van der Waals surface area contributed by atoms with Crippen LogP contribution in [0.1, 0.15) is 32.6 Å². The fraction of sp³-hybridized carbons (Fsp3) is 0.857. The number of carbonyl (C=O) groups is 1. The van der Waals surface area contributed by atoms with Gasteiger partial charge in [-0.3, -0.25) is 9.79 Å². The van der Waals surface area contributed by atoms with Crippen LogP contribution in [-0.4, -0.2) is 63.2 Å². The van der Waals surface area contributed by atoms with E-state index in [1.165, 1.54) is 0 Å². The summed E-state index contributed by atoms with van der Waals surface area (Å²) < 4.78 is 4.99. The number of rotatable bonds is 8. The Morgan fingerprint density at radius 1 is 1.30 bits per heavy atom. The molecule has 0 aromatic rings. The van der Waals surface area contributed by atoms with E-state index < -0.39 is 0 Å². The Hall–Kier alpha value is -1.30. The Balaban J connectivity index is 2.21. The van der Waals surface area contributed by atoms with Crippen LogP contribution in [0.5, 0.6) is 0 Å². The predicted molar refractivity (Wildman–Crippen MR) is 80.9 cm³/mol. The van der Waals surface area contributed by atoms with Gasteiger partial charge in [0.15, 0.2) is 5.96 Å². The third-order valence-corrected chi connectivity index (χ3v) is 3.21. The highest BCUT2D eigenvalue weighted by Gasteiger charge is 2.17. The molecule has 0 unspecified atom stereocenters. The second kappa shape index (κ2) is 10.5. The van der Waals surface area contributed by atoms with Crippen LogP contribution >= 0.6 is 0 Å².